The van der Waals surface area contributed by atoms with Gasteiger partial charge in [-0.1, -0.05) is 30.3 Å². The van der Waals surface area contributed by atoms with Gasteiger partial charge in [0.05, 0.1) is 0 Å². The van der Waals surface area contributed by atoms with Crippen LogP contribution in [0.15, 0.2) is 54.6 Å². The van der Waals surface area contributed by atoms with E-state index in [-0.39, 0.29) is 11.7 Å². The number of H-pyrrole nitrogens is 1. The lowest BCUT2D eigenvalue weighted by Gasteiger charge is -2.35. The van der Waals surface area contributed by atoms with Gasteiger partial charge in [-0.05, 0) is 62.1 Å². The van der Waals surface area contributed by atoms with Crippen LogP contribution in [0, 0.1) is 11.7 Å². The van der Waals surface area contributed by atoms with Gasteiger partial charge < -0.3 is 9.88 Å². The lowest BCUT2D eigenvalue weighted by molar-refractivity contribution is 0.0680. The Bertz CT molecular complexity index is 933. The molecular weight excluding hydrogens is 365 g/mol. The summed E-state index contributed by atoms with van der Waals surface area (Å²) < 4.78 is 13.1. The first kappa shape index (κ1) is 19.6. The van der Waals surface area contributed by atoms with Crippen LogP contribution in [0.3, 0.4) is 0 Å². The van der Waals surface area contributed by atoms with Gasteiger partial charge in [0.25, 0.3) is 5.91 Å². The van der Waals surface area contributed by atoms with E-state index in [2.05, 4.69) is 9.88 Å². The highest BCUT2D eigenvalue weighted by molar-refractivity contribution is 5.98. The van der Waals surface area contributed by atoms with Crippen LogP contribution in [-0.4, -0.2) is 46.9 Å². The number of hydrogen-bond acceptors (Lipinski definition) is 2. The van der Waals surface area contributed by atoms with Crippen LogP contribution in [0.25, 0.3) is 10.9 Å². The second-order valence-corrected chi connectivity index (χ2v) is 7.98. The van der Waals surface area contributed by atoms with Gasteiger partial charge >= 0.3 is 0 Å². The van der Waals surface area contributed by atoms with Crippen molar-refractivity contribution in [3.8, 4) is 0 Å². The van der Waals surface area contributed by atoms with E-state index in [1.165, 1.54) is 12.1 Å². The number of fused-ring (bicyclic) bond motifs is 1. The van der Waals surface area contributed by atoms with E-state index in [1.54, 1.807) is 0 Å². The number of para-hydroxylation sites is 1. The molecule has 1 amide bonds. The molecule has 1 fully saturated rings. The highest BCUT2D eigenvalue weighted by atomic mass is 19.1. The number of rotatable bonds is 6. The molecule has 4 nitrogen and oxygen atoms in total. The maximum Gasteiger partial charge on any atom is 0.270 e. The third-order valence-electron chi connectivity index (χ3n) is 5.83. The van der Waals surface area contributed by atoms with Crippen molar-refractivity contribution in [3.05, 3.63) is 71.7 Å². The summed E-state index contributed by atoms with van der Waals surface area (Å²) in [6.45, 7) is 6.36. The number of benzene rings is 2. The Morgan fingerprint density at radius 1 is 1.21 bits per heavy atom. The van der Waals surface area contributed by atoms with Crippen molar-refractivity contribution >= 4 is 16.8 Å². The lowest BCUT2D eigenvalue weighted by Crippen LogP contribution is -2.42. The number of nitrogens with one attached hydrogen (secondary N) is 1. The third-order valence-corrected chi connectivity index (χ3v) is 5.83. The van der Waals surface area contributed by atoms with E-state index in [4.69, 9.17) is 0 Å². The molecule has 0 saturated carbocycles. The number of aromatic nitrogens is 1. The van der Waals surface area contributed by atoms with E-state index in [0.29, 0.717) is 18.2 Å². The van der Waals surface area contributed by atoms with Gasteiger partial charge in [0.15, 0.2) is 0 Å². The predicted octanol–water partition coefficient (Wildman–Crippen LogP) is 4.68. The van der Waals surface area contributed by atoms with Crippen molar-refractivity contribution < 1.29 is 9.18 Å². The minimum absolute atomic E-state index is 0.0689. The molecule has 1 atom stereocenters. The van der Waals surface area contributed by atoms with Crippen molar-refractivity contribution in [2.45, 2.75) is 26.3 Å². The molecule has 4 rings (SSSR count). The molecule has 2 heterocycles. The SMILES string of the molecule is CCN(CC1CCCN(Cc2ccc(F)cc2)C1)C(=O)c1cc2ccccc2[nH]1. The Labute approximate surface area is 171 Å². The van der Waals surface area contributed by atoms with Crippen LogP contribution in [0.2, 0.25) is 0 Å². The third kappa shape index (κ3) is 4.67. The molecule has 1 aromatic heterocycles. The van der Waals surface area contributed by atoms with Crippen LogP contribution in [0.5, 0.6) is 0 Å². The quantitative estimate of drug-likeness (QED) is 0.660. The van der Waals surface area contributed by atoms with Gasteiger partial charge in [0, 0.05) is 37.1 Å². The number of piperidine rings is 1. The fraction of sp³-hybridized carbons (Fsp3) is 0.375. The molecule has 29 heavy (non-hydrogen) atoms. The number of carbonyl (C=O) groups excluding carboxylic acids is 1. The van der Waals surface area contributed by atoms with E-state index in [9.17, 15) is 9.18 Å². The van der Waals surface area contributed by atoms with Gasteiger partial charge in [-0.3, -0.25) is 9.69 Å². The minimum Gasteiger partial charge on any atom is -0.351 e. The zero-order chi connectivity index (χ0) is 20.2. The van der Waals surface area contributed by atoms with Gasteiger partial charge in [-0.2, -0.15) is 0 Å². The highest BCUT2D eigenvalue weighted by Crippen LogP contribution is 2.22. The number of halogens is 1. The standard InChI is InChI=1S/C24H28FN3O/c1-2-28(24(29)23-14-20-7-3-4-8-22(20)26-23)17-19-6-5-13-27(16-19)15-18-9-11-21(25)12-10-18/h3-4,7-12,14,19,26H,2,5-6,13,15-17H2,1H3. The number of amides is 1. The van der Waals surface area contributed by atoms with Crippen LogP contribution in [-0.2, 0) is 6.54 Å². The Morgan fingerprint density at radius 2 is 2.00 bits per heavy atom. The topological polar surface area (TPSA) is 39.3 Å². The largest absolute Gasteiger partial charge is 0.351 e. The zero-order valence-electron chi connectivity index (χ0n) is 16.9. The average molecular weight is 394 g/mol. The smallest absolute Gasteiger partial charge is 0.270 e. The maximum atomic E-state index is 13.1. The van der Waals surface area contributed by atoms with E-state index in [0.717, 1.165) is 55.5 Å². The number of hydrogen-bond donors (Lipinski definition) is 1. The Kier molecular flexibility index (Phi) is 5.95. The zero-order valence-corrected chi connectivity index (χ0v) is 16.9. The first-order valence-corrected chi connectivity index (χ1v) is 10.5. The van der Waals surface area contributed by atoms with E-state index in [1.807, 2.05) is 54.3 Å². The van der Waals surface area contributed by atoms with Crippen molar-refractivity contribution in [1.82, 2.24) is 14.8 Å². The first-order valence-electron chi connectivity index (χ1n) is 10.5. The molecule has 152 valence electrons. The van der Waals surface area contributed by atoms with Crippen molar-refractivity contribution in [2.24, 2.45) is 5.92 Å². The van der Waals surface area contributed by atoms with Crippen LogP contribution < -0.4 is 0 Å². The highest BCUT2D eigenvalue weighted by Gasteiger charge is 2.25. The summed E-state index contributed by atoms with van der Waals surface area (Å²) in [5, 5.41) is 1.06. The van der Waals surface area contributed by atoms with Crippen LogP contribution in [0.4, 0.5) is 4.39 Å². The van der Waals surface area contributed by atoms with Crippen LogP contribution in [0.1, 0.15) is 35.8 Å². The summed E-state index contributed by atoms with van der Waals surface area (Å²) in [6.07, 6.45) is 2.26. The minimum atomic E-state index is -0.195. The summed E-state index contributed by atoms with van der Waals surface area (Å²) in [5.74, 6) is 0.330. The molecule has 0 spiro atoms. The number of aromatic amines is 1. The molecule has 1 aliphatic heterocycles. The summed E-state index contributed by atoms with van der Waals surface area (Å²) in [7, 11) is 0. The molecule has 1 saturated heterocycles. The molecule has 5 heteroatoms. The summed E-state index contributed by atoms with van der Waals surface area (Å²) >= 11 is 0. The molecular formula is C24H28FN3O. The second-order valence-electron chi connectivity index (χ2n) is 7.98. The monoisotopic (exact) mass is 393 g/mol. The summed E-state index contributed by atoms with van der Waals surface area (Å²) in [5.41, 5.74) is 2.79. The fourth-order valence-electron chi connectivity index (χ4n) is 4.32. The van der Waals surface area contributed by atoms with Crippen molar-refractivity contribution in [2.75, 3.05) is 26.2 Å². The number of nitrogens with zero attached hydrogens (tertiary/aromatic N) is 2. The first-order chi connectivity index (χ1) is 14.1. The Morgan fingerprint density at radius 3 is 2.76 bits per heavy atom. The predicted molar refractivity (Wildman–Crippen MR) is 114 cm³/mol. The van der Waals surface area contributed by atoms with Gasteiger partial charge in [0.2, 0.25) is 0 Å². The van der Waals surface area contributed by atoms with Gasteiger partial charge in [-0.25, -0.2) is 4.39 Å². The average Bonchev–Trinajstić information content (AvgIpc) is 3.18. The van der Waals surface area contributed by atoms with Crippen molar-refractivity contribution in [3.63, 3.8) is 0 Å². The Balaban J connectivity index is 1.39. The maximum absolute atomic E-state index is 13.1. The number of carbonyl (C=O) groups is 1. The number of likely N-dealkylation sites (tertiary alicyclic amines) is 1. The van der Waals surface area contributed by atoms with Crippen LogP contribution >= 0.6 is 0 Å². The van der Waals surface area contributed by atoms with E-state index >= 15 is 0 Å². The van der Waals surface area contributed by atoms with Crippen molar-refractivity contribution in [1.29, 1.82) is 0 Å². The molecule has 0 radical (unpaired) electrons. The molecule has 1 N–H and O–H groups in total. The van der Waals surface area contributed by atoms with E-state index < -0.39 is 0 Å². The summed E-state index contributed by atoms with van der Waals surface area (Å²) in [4.78, 5) is 20.7. The normalized spacial score (nSPS) is 17.5. The molecule has 0 aliphatic carbocycles. The van der Waals surface area contributed by atoms with Gasteiger partial charge in [0.1, 0.15) is 11.5 Å². The lowest BCUT2D eigenvalue weighted by atomic mass is 9.96. The molecule has 1 aliphatic rings. The molecule has 3 aromatic rings. The fourth-order valence-corrected chi connectivity index (χ4v) is 4.32. The second kappa shape index (κ2) is 8.78. The molecule has 1 unspecified atom stereocenters. The Hall–Kier alpha value is -2.66. The molecule has 0 bridgehead atoms. The summed E-state index contributed by atoms with van der Waals surface area (Å²) in [6, 6.07) is 16.7. The van der Waals surface area contributed by atoms with Gasteiger partial charge in [-0.15, -0.1) is 0 Å². The molecule has 2 aromatic carbocycles.